The monoisotopic (exact) mass is 237 g/mol. The number of thiol groups is 1. The average molecular weight is 237 g/mol. The topological polar surface area (TPSA) is 56.2 Å². The molecule has 0 aliphatic carbocycles. The summed E-state index contributed by atoms with van der Waals surface area (Å²) in [6, 6.07) is 5.95. The van der Waals surface area contributed by atoms with E-state index in [1.54, 1.807) is 6.20 Å². The highest BCUT2D eigenvalue weighted by atomic mass is 32.1. The van der Waals surface area contributed by atoms with Crippen molar-refractivity contribution in [1.82, 2.24) is 4.98 Å². The van der Waals surface area contributed by atoms with E-state index >= 15 is 0 Å². The van der Waals surface area contributed by atoms with Crippen molar-refractivity contribution in [3.05, 3.63) is 35.5 Å². The first-order chi connectivity index (χ1) is 7.63. The second-order valence-corrected chi connectivity index (χ2v) is 4.35. The lowest BCUT2D eigenvalue weighted by atomic mass is 10.0. The van der Waals surface area contributed by atoms with Crippen LogP contribution in [0.25, 0.3) is 10.9 Å². The van der Waals surface area contributed by atoms with Crippen LogP contribution in [0.1, 0.15) is 17.2 Å². The minimum Gasteiger partial charge on any atom is -0.389 e. The first-order valence-corrected chi connectivity index (χ1v) is 5.81. The van der Waals surface area contributed by atoms with E-state index in [4.69, 9.17) is 0 Å². The summed E-state index contributed by atoms with van der Waals surface area (Å²) >= 11 is 3.98. The lowest BCUT2D eigenvalue weighted by Crippen LogP contribution is -2.19. The molecule has 0 radical (unpaired) electrons. The molecule has 0 amide bonds. The van der Waals surface area contributed by atoms with Crippen LogP contribution in [0, 0.1) is 6.92 Å². The summed E-state index contributed by atoms with van der Waals surface area (Å²) in [5.41, 5.74) is 2.85. The fourth-order valence-corrected chi connectivity index (χ4v) is 2.01. The average Bonchev–Trinajstić information content (AvgIpc) is 2.69. The summed E-state index contributed by atoms with van der Waals surface area (Å²) in [6.07, 6.45) is -0.000809. The molecule has 0 spiro atoms. The van der Waals surface area contributed by atoms with Crippen LogP contribution in [-0.4, -0.2) is 27.1 Å². The van der Waals surface area contributed by atoms with Gasteiger partial charge in [0.2, 0.25) is 0 Å². The number of hydrogen-bond donors (Lipinski definition) is 4. The molecule has 0 bridgehead atoms. The number of aromatic nitrogens is 1. The van der Waals surface area contributed by atoms with Gasteiger partial charge in [-0.05, 0) is 18.6 Å². The number of nitrogens with one attached hydrogen (secondary N) is 1. The number of aryl methyl sites for hydroxylation is 1. The van der Waals surface area contributed by atoms with Crippen molar-refractivity contribution in [3.8, 4) is 0 Å². The van der Waals surface area contributed by atoms with Crippen LogP contribution in [0.3, 0.4) is 0 Å². The van der Waals surface area contributed by atoms with Crippen molar-refractivity contribution in [2.24, 2.45) is 0 Å². The Morgan fingerprint density at radius 3 is 2.81 bits per heavy atom. The molecule has 16 heavy (non-hydrogen) atoms. The Hall–Kier alpha value is -0.970. The molecule has 1 heterocycles. The second kappa shape index (κ2) is 4.49. The van der Waals surface area contributed by atoms with Gasteiger partial charge in [0.1, 0.15) is 6.10 Å². The van der Waals surface area contributed by atoms with Crippen LogP contribution in [0.5, 0.6) is 0 Å². The molecule has 1 aromatic carbocycles. The molecule has 3 nitrogen and oxygen atoms in total. The van der Waals surface area contributed by atoms with Crippen molar-refractivity contribution in [2.45, 2.75) is 19.1 Å². The highest BCUT2D eigenvalue weighted by Crippen LogP contribution is 2.27. The van der Waals surface area contributed by atoms with Crippen LogP contribution in [0.15, 0.2) is 24.4 Å². The summed E-state index contributed by atoms with van der Waals surface area (Å²) in [4.78, 5) is 3.09. The summed E-state index contributed by atoms with van der Waals surface area (Å²) in [6.45, 7) is 2.01. The quantitative estimate of drug-likeness (QED) is 0.615. The maximum atomic E-state index is 9.93. The minimum absolute atomic E-state index is 0.236. The molecule has 0 saturated carbocycles. The summed E-state index contributed by atoms with van der Waals surface area (Å²) in [5, 5.41) is 20.4. The van der Waals surface area contributed by atoms with Gasteiger partial charge in [0, 0.05) is 28.4 Å². The third-order valence-corrected chi connectivity index (χ3v) is 3.11. The van der Waals surface area contributed by atoms with Gasteiger partial charge < -0.3 is 15.2 Å². The number of fused-ring (bicyclic) bond motifs is 1. The first kappa shape index (κ1) is 11.5. The lowest BCUT2D eigenvalue weighted by molar-refractivity contribution is 0.0347. The SMILES string of the molecule is Cc1ccc2c(C(O)C(O)CS)c[nH]c2c1. The van der Waals surface area contributed by atoms with Gasteiger partial charge in [-0.2, -0.15) is 12.6 Å². The number of aromatic amines is 1. The van der Waals surface area contributed by atoms with Gasteiger partial charge in [0.15, 0.2) is 0 Å². The van der Waals surface area contributed by atoms with Crippen molar-refractivity contribution in [1.29, 1.82) is 0 Å². The molecule has 2 aromatic rings. The molecule has 0 saturated heterocycles. The highest BCUT2D eigenvalue weighted by Gasteiger charge is 2.19. The van der Waals surface area contributed by atoms with Gasteiger partial charge in [-0.25, -0.2) is 0 Å². The Morgan fingerprint density at radius 2 is 2.12 bits per heavy atom. The van der Waals surface area contributed by atoms with Crippen molar-refractivity contribution in [3.63, 3.8) is 0 Å². The number of benzene rings is 1. The van der Waals surface area contributed by atoms with Gasteiger partial charge in [-0.15, -0.1) is 0 Å². The van der Waals surface area contributed by atoms with Crippen LogP contribution >= 0.6 is 12.6 Å². The van der Waals surface area contributed by atoms with E-state index in [0.717, 1.165) is 22.0 Å². The summed E-state index contributed by atoms with van der Waals surface area (Å²) < 4.78 is 0. The second-order valence-electron chi connectivity index (χ2n) is 3.99. The predicted molar refractivity (Wildman–Crippen MR) is 67.9 cm³/mol. The molecule has 2 rings (SSSR count). The highest BCUT2D eigenvalue weighted by molar-refractivity contribution is 7.80. The fourth-order valence-electron chi connectivity index (χ4n) is 1.81. The van der Waals surface area contributed by atoms with Gasteiger partial charge in [-0.3, -0.25) is 0 Å². The number of hydrogen-bond acceptors (Lipinski definition) is 3. The molecule has 2 atom stereocenters. The van der Waals surface area contributed by atoms with E-state index < -0.39 is 12.2 Å². The van der Waals surface area contributed by atoms with E-state index in [2.05, 4.69) is 17.6 Å². The normalized spacial score (nSPS) is 15.2. The number of aliphatic hydroxyl groups is 2. The Labute approximate surface area is 99.5 Å². The molecule has 0 aliphatic rings. The van der Waals surface area contributed by atoms with Crippen molar-refractivity contribution >= 4 is 23.5 Å². The van der Waals surface area contributed by atoms with E-state index in [9.17, 15) is 10.2 Å². The Balaban J connectivity index is 2.45. The van der Waals surface area contributed by atoms with Gasteiger partial charge in [-0.1, -0.05) is 12.1 Å². The zero-order valence-electron chi connectivity index (χ0n) is 9.01. The Kier molecular flexibility index (Phi) is 3.23. The molecule has 3 N–H and O–H groups in total. The van der Waals surface area contributed by atoms with Crippen LogP contribution in [-0.2, 0) is 0 Å². The van der Waals surface area contributed by atoms with E-state index in [-0.39, 0.29) is 5.75 Å². The molecule has 0 fully saturated rings. The summed E-state index contributed by atoms with van der Waals surface area (Å²) in [5.74, 6) is 0.236. The third-order valence-electron chi connectivity index (χ3n) is 2.74. The molecule has 86 valence electrons. The van der Waals surface area contributed by atoms with Crippen LogP contribution < -0.4 is 0 Å². The third kappa shape index (κ3) is 1.96. The predicted octanol–water partition coefficient (Wildman–Crippen LogP) is 1.80. The smallest absolute Gasteiger partial charge is 0.108 e. The number of rotatable bonds is 3. The molecule has 2 unspecified atom stereocenters. The maximum Gasteiger partial charge on any atom is 0.108 e. The van der Waals surface area contributed by atoms with Crippen molar-refractivity contribution < 1.29 is 10.2 Å². The van der Waals surface area contributed by atoms with E-state index in [1.165, 1.54) is 0 Å². The number of aliphatic hydroxyl groups excluding tert-OH is 2. The van der Waals surface area contributed by atoms with Crippen LogP contribution in [0.2, 0.25) is 0 Å². The first-order valence-electron chi connectivity index (χ1n) is 5.18. The number of H-pyrrole nitrogens is 1. The standard InChI is InChI=1S/C12H15NO2S/c1-7-2-3-8-9(5-13-10(8)4-7)12(15)11(14)6-16/h2-5,11-16H,6H2,1H3. The zero-order valence-corrected chi connectivity index (χ0v) is 9.91. The van der Waals surface area contributed by atoms with E-state index in [0.29, 0.717) is 0 Å². The summed E-state index contributed by atoms with van der Waals surface area (Å²) in [7, 11) is 0. The fraction of sp³-hybridized carbons (Fsp3) is 0.333. The van der Waals surface area contributed by atoms with Crippen LogP contribution in [0.4, 0.5) is 0 Å². The van der Waals surface area contributed by atoms with Gasteiger partial charge >= 0.3 is 0 Å². The molecule has 1 aromatic heterocycles. The lowest BCUT2D eigenvalue weighted by Gasteiger charge is -2.14. The molecule has 0 aliphatic heterocycles. The minimum atomic E-state index is -0.894. The van der Waals surface area contributed by atoms with Gasteiger partial charge in [0.05, 0.1) is 6.10 Å². The molecule has 4 heteroatoms. The van der Waals surface area contributed by atoms with Crippen molar-refractivity contribution in [2.75, 3.05) is 5.75 Å². The van der Waals surface area contributed by atoms with Gasteiger partial charge in [0.25, 0.3) is 0 Å². The molecular formula is C12H15NO2S. The molecular weight excluding hydrogens is 222 g/mol. The Bertz CT molecular complexity index is 495. The van der Waals surface area contributed by atoms with E-state index in [1.807, 2.05) is 25.1 Å². The Morgan fingerprint density at radius 1 is 1.38 bits per heavy atom. The maximum absolute atomic E-state index is 9.93. The largest absolute Gasteiger partial charge is 0.389 e. The zero-order chi connectivity index (χ0) is 11.7.